The largest absolute Gasteiger partial charge is 0.497 e. The van der Waals surface area contributed by atoms with Crippen molar-refractivity contribution in [2.24, 2.45) is 5.73 Å². The normalized spacial score (nSPS) is 10.1. The summed E-state index contributed by atoms with van der Waals surface area (Å²) >= 11 is 4.80. The molecule has 0 saturated heterocycles. The molecule has 0 aliphatic carbocycles. The molecular formula is C13H17FN2O2S. The fraction of sp³-hybridized carbons (Fsp3) is 0.385. The van der Waals surface area contributed by atoms with E-state index in [0.717, 1.165) is 6.42 Å². The van der Waals surface area contributed by atoms with Crippen LogP contribution in [-0.2, 0) is 0 Å². The molecule has 1 aromatic rings. The van der Waals surface area contributed by atoms with Crippen molar-refractivity contribution in [1.82, 2.24) is 4.90 Å². The minimum absolute atomic E-state index is 0.00880. The maximum absolute atomic E-state index is 13.8. The van der Waals surface area contributed by atoms with E-state index in [1.165, 1.54) is 24.1 Å². The number of benzene rings is 1. The molecule has 0 aliphatic heterocycles. The number of thiocarbonyl (C=S) groups is 1. The molecule has 4 nitrogen and oxygen atoms in total. The number of methoxy groups -OCH3 is 1. The second kappa shape index (κ2) is 7.04. The van der Waals surface area contributed by atoms with Crippen LogP contribution in [0, 0.1) is 5.82 Å². The van der Waals surface area contributed by atoms with Crippen molar-refractivity contribution in [3.8, 4) is 5.75 Å². The summed E-state index contributed by atoms with van der Waals surface area (Å²) in [4.78, 5) is 13.9. The number of amides is 1. The van der Waals surface area contributed by atoms with Gasteiger partial charge in [0.15, 0.2) is 0 Å². The molecule has 0 radical (unpaired) electrons. The Morgan fingerprint density at radius 1 is 1.53 bits per heavy atom. The molecule has 1 aromatic carbocycles. The van der Waals surface area contributed by atoms with Gasteiger partial charge in [-0.15, -0.1) is 0 Å². The molecule has 0 bridgehead atoms. The number of rotatable bonds is 6. The Balaban J connectivity index is 2.98. The van der Waals surface area contributed by atoms with Crippen LogP contribution in [0.2, 0.25) is 0 Å². The molecule has 6 heteroatoms. The first kappa shape index (κ1) is 15.4. The van der Waals surface area contributed by atoms with Gasteiger partial charge in [0.1, 0.15) is 11.6 Å². The highest BCUT2D eigenvalue weighted by molar-refractivity contribution is 7.80. The van der Waals surface area contributed by atoms with Crippen molar-refractivity contribution in [2.75, 3.05) is 20.2 Å². The van der Waals surface area contributed by atoms with E-state index in [2.05, 4.69) is 0 Å². The molecule has 0 fully saturated rings. The van der Waals surface area contributed by atoms with Crippen LogP contribution in [0.1, 0.15) is 23.7 Å². The van der Waals surface area contributed by atoms with Crippen LogP contribution in [0.15, 0.2) is 18.2 Å². The number of nitrogens with two attached hydrogens (primary N) is 1. The Bertz CT molecular complexity index is 480. The third kappa shape index (κ3) is 4.17. The van der Waals surface area contributed by atoms with E-state index in [4.69, 9.17) is 22.7 Å². The van der Waals surface area contributed by atoms with Gasteiger partial charge in [0.25, 0.3) is 5.91 Å². The Morgan fingerprint density at radius 2 is 2.21 bits per heavy atom. The second-order valence-corrected chi connectivity index (χ2v) is 4.56. The van der Waals surface area contributed by atoms with E-state index in [9.17, 15) is 9.18 Å². The quantitative estimate of drug-likeness (QED) is 0.812. The number of carbonyl (C=O) groups excluding carboxylic acids is 1. The zero-order chi connectivity index (χ0) is 14.4. The second-order valence-electron chi connectivity index (χ2n) is 4.04. The predicted octanol–water partition coefficient (Wildman–Crippen LogP) is 1.97. The molecule has 0 unspecified atom stereocenters. The van der Waals surface area contributed by atoms with Crippen molar-refractivity contribution in [3.63, 3.8) is 0 Å². The maximum Gasteiger partial charge on any atom is 0.257 e. The van der Waals surface area contributed by atoms with E-state index in [-0.39, 0.29) is 17.1 Å². The summed E-state index contributed by atoms with van der Waals surface area (Å²) in [6.45, 7) is 2.54. The van der Waals surface area contributed by atoms with Crippen molar-refractivity contribution >= 4 is 23.1 Å². The third-order valence-electron chi connectivity index (χ3n) is 2.53. The van der Waals surface area contributed by atoms with E-state index >= 15 is 0 Å². The molecular weight excluding hydrogens is 267 g/mol. The Hall–Kier alpha value is -1.69. The summed E-state index contributed by atoms with van der Waals surface area (Å²) in [7, 11) is 1.44. The van der Waals surface area contributed by atoms with Gasteiger partial charge in [-0.3, -0.25) is 4.79 Å². The Kier molecular flexibility index (Phi) is 5.69. The molecule has 2 N–H and O–H groups in total. The highest BCUT2D eigenvalue weighted by Crippen LogP contribution is 2.18. The van der Waals surface area contributed by atoms with Crippen LogP contribution in [0.5, 0.6) is 5.75 Å². The standard InChI is InChI=1S/C13H17FN2O2S/c1-3-6-16(8-12(15)19)13(17)10-5-4-9(18-2)7-11(10)14/h4-5,7H,3,6,8H2,1-2H3,(H2,15,19). The maximum atomic E-state index is 13.8. The lowest BCUT2D eigenvalue weighted by molar-refractivity contribution is 0.0775. The number of carbonyl (C=O) groups is 1. The predicted molar refractivity (Wildman–Crippen MR) is 75.9 cm³/mol. The van der Waals surface area contributed by atoms with Crippen LogP contribution in [-0.4, -0.2) is 36.0 Å². The van der Waals surface area contributed by atoms with Crippen molar-refractivity contribution in [1.29, 1.82) is 0 Å². The van der Waals surface area contributed by atoms with E-state index < -0.39 is 11.7 Å². The summed E-state index contributed by atoms with van der Waals surface area (Å²) in [6, 6.07) is 4.12. The fourth-order valence-electron chi connectivity index (χ4n) is 1.68. The highest BCUT2D eigenvalue weighted by atomic mass is 32.1. The first-order chi connectivity index (χ1) is 8.99. The molecule has 0 aromatic heterocycles. The van der Waals surface area contributed by atoms with Crippen molar-refractivity contribution in [3.05, 3.63) is 29.6 Å². The highest BCUT2D eigenvalue weighted by Gasteiger charge is 2.19. The molecule has 0 spiro atoms. The van der Waals surface area contributed by atoms with Crippen LogP contribution < -0.4 is 10.5 Å². The zero-order valence-electron chi connectivity index (χ0n) is 11.0. The molecule has 0 atom stereocenters. The van der Waals surface area contributed by atoms with Crippen LogP contribution in [0.3, 0.4) is 0 Å². The van der Waals surface area contributed by atoms with Gasteiger partial charge in [0.2, 0.25) is 0 Å². The lowest BCUT2D eigenvalue weighted by Crippen LogP contribution is -2.38. The first-order valence-corrected chi connectivity index (χ1v) is 6.31. The first-order valence-electron chi connectivity index (χ1n) is 5.90. The summed E-state index contributed by atoms with van der Waals surface area (Å²) in [5.74, 6) is -0.673. The zero-order valence-corrected chi connectivity index (χ0v) is 11.8. The average molecular weight is 284 g/mol. The SMILES string of the molecule is CCCN(CC(N)=S)C(=O)c1ccc(OC)cc1F. The van der Waals surface area contributed by atoms with Gasteiger partial charge in [-0.25, -0.2) is 4.39 Å². The molecule has 0 saturated carbocycles. The van der Waals surface area contributed by atoms with E-state index in [1.807, 2.05) is 6.92 Å². The molecule has 1 rings (SSSR count). The minimum Gasteiger partial charge on any atom is -0.497 e. The van der Waals surface area contributed by atoms with Gasteiger partial charge < -0.3 is 15.4 Å². The van der Waals surface area contributed by atoms with Gasteiger partial charge in [0.05, 0.1) is 24.2 Å². The lowest BCUT2D eigenvalue weighted by Gasteiger charge is -2.21. The number of ether oxygens (including phenoxy) is 1. The third-order valence-corrected chi connectivity index (χ3v) is 2.66. The molecule has 1 amide bonds. The van der Waals surface area contributed by atoms with Gasteiger partial charge in [-0.2, -0.15) is 0 Å². The molecule has 19 heavy (non-hydrogen) atoms. The summed E-state index contributed by atoms with van der Waals surface area (Å²) in [5, 5.41) is 0. The molecule has 0 heterocycles. The summed E-state index contributed by atoms with van der Waals surface area (Å²) < 4.78 is 18.7. The van der Waals surface area contributed by atoms with Gasteiger partial charge >= 0.3 is 0 Å². The van der Waals surface area contributed by atoms with Crippen molar-refractivity contribution in [2.45, 2.75) is 13.3 Å². The smallest absolute Gasteiger partial charge is 0.257 e. The lowest BCUT2D eigenvalue weighted by atomic mass is 10.1. The average Bonchev–Trinajstić information content (AvgIpc) is 2.36. The van der Waals surface area contributed by atoms with E-state index in [1.54, 1.807) is 6.07 Å². The monoisotopic (exact) mass is 284 g/mol. The van der Waals surface area contributed by atoms with Crippen LogP contribution in [0.4, 0.5) is 4.39 Å². The molecule has 104 valence electrons. The van der Waals surface area contributed by atoms with Gasteiger partial charge in [-0.1, -0.05) is 19.1 Å². The Labute approximate surface area is 117 Å². The van der Waals surface area contributed by atoms with Gasteiger partial charge in [-0.05, 0) is 18.6 Å². The number of halogens is 1. The minimum atomic E-state index is -0.617. The number of nitrogens with zero attached hydrogens (tertiary/aromatic N) is 1. The van der Waals surface area contributed by atoms with E-state index in [0.29, 0.717) is 12.3 Å². The van der Waals surface area contributed by atoms with Crippen LogP contribution >= 0.6 is 12.2 Å². The molecule has 0 aliphatic rings. The summed E-state index contributed by atoms with van der Waals surface area (Å²) in [6.07, 6.45) is 0.742. The van der Waals surface area contributed by atoms with Crippen molar-refractivity contribution < 1.29 is 13.9 Å². The van der Waals surface area contributed by atoms with Gasteiger partial charge in [0, 0.05) is 12.6 Å². The summed E-state index contributed by atoms with van der Waals surface area (Å²) in [5.41, 5.74) is 5.44. The number of hydrogen-bond acceptors (Lipinski definition) is 3. The number of hydrogen-bond donors (Lipinski definition) is 1. The van der Waals surface area contributed by atoms with Crippen LogP contribution in [0.25, 0.3) is 0 Å². The Morgan fingerprint density at radius 3 is 2.68 bits per heavy atom. The topological polar surface area (TPSA) is 55.6 Å². The fourth-order valence-corrected chi connectivity index (χ4v) is 1.83.